The molecule has 164 valence electrons. The van der Waals surface area contributed by atoms with Crippen LogP contribution in [0, 0.1) is 0 Å². The van der Waals surface area contributed by atoms with Crippen molar-refractivity contribution in [3.63, 3.8) is 0 Å². The highest BCUT2D eigenvalue weighted by molar-refractivity contribution is 8.26. The van der Waals surface area contributed by atoms with E-state index in [1.54, 1.807) is 23.8 Å². The molecular formula is C24H23N3O3S2. The summed E-state index contributed by atoms with van der Waals surface area (Å²) in [5, 5.41) is 4.83. The number of rotatable bonds is 6. The van der Waals surface area contributed by atoms with E-state index in [1.165, 1.54) is 11.8 Å². The molecule has 32 heavy (non-hydrogen) atoms. The second kappa shape index (κ2) is 9.18. The summed E-state index contributed by atoms with van der Waals surface area (Å²) >= 11 is 6.75. The van der Waals surface area contributed by atoms with Gasteiger partial charge in [0.05, 0.1) is 24.8 Å². The third-order valence-corrected chi connectivity index (χ3v) is 6.38. The Labute approximate surface area is 196 Å². The maximum atomic E-state index is 13.0. The molecule has 0 bridgehead atoms. The molecule has 1 aromatic heterocycles. The number of methoxy groups -OCH3 is 2. The largest absolute Gasteiger partial charge is 0.493 e. The second-order valence-electron chi connectivity index (χ2n) is 7.43. The summed E-state index contributed by atoms with van der Waals surface area (Å²) in [5.74, 6) is 1.16. The molecule has 1 aliphatic rings. The molecule has 0 spiro atoms. The number of benzene rings is 2. The number of ether oxygens (including phenoxy) is 2. The quantitative estimate of drug-likeness (QED) is 0.370. The Morgan fingerprint density at radius 2 is 1.78 bits per heavy atom. The van der Waals surface area contributed by atoms with Gasteiger partial charge in [-0.15, -0.1) is 0 Å². The fourth-order valence-corrected chi connectivity index (χ4v) is 4.99. The van der Waals surface area contributed by atoms with E-state index in [-0.39, 0.29) is 11.9 Å². The molecule has 0 atom stereocenters. The van der Waals surface area contributed by atoms with E-state index in [2.05, 4.69) is 0 Å². The van der Waals surface area contributed by atoms with E-state index >= 15 is 0 Å². The summed E-state index contributed by atoms with van der Waals surface area (Å²) in [4.78, 5) is 15.2. The van der Waals surface area contributed by atoms with Crippen molar-refractivity contribution >= 4 is 40.3 Å². The summed E-state index contributed by atoms with van der Waals surface area (Å²) in [6.07, 6.45) is 3.78. The van der Waals surface area contributed by atoms with Crippen LogP contribution in [0.25, 0.3) is 23.0 Å². The van der Waals surface area contributed by atoms with Crippen LogP contribution in [-0.2, 0) is 4.79 Å². The molecule has 0 aliphatic carbocycles. The van der Waals surface area contributed by atoms with E-state index in [0.29, 0.717) is 20.7 Å². The van der Waals surface area contributed by atoms with Crippen LogP contribution in [0.3, 0.4) is 0 Å². The van der Waals surface area contributed by atoms with Gasteiger partial charge in [-0.05, 0) is 50.3 Å². The minimum atomic E-state index is -0.0827. The van der Waals surface area contributed by atoms with Crippen molar-refractivity contribution in [2.45, 2.75) is 19.9 Å². The Hall–Kier alpha value is -3.10. The Morgan fingerprint density at radius 1 is 1.06 bits per heavy atom. The number of para-hydroxylation sites is 1. The highest BCUT2D eigenvalue weighted by Crippen LogP contribution is 2.37. The molecule has 0 unspecified atom stereocenters. The van der Waals surface area contributed by atoms with Crippen LogP contribution in [0.5, 0.6) is 11.5 Å². The number of hydrogen-bond acceptors (Lipinski definition) is 6. The lowest BCUT2D eigenvalue weighted by atomic mass is 10.1. The number of aromatic nitrogens is 2. The molecule has 8 heteroatoms. The first-order valence-electron chi connectivity index (χ1n) is 10.1. The van der Waals surface area contributed by atoms with Crippen molar-refractivity contribution in [2.24, 2.45) is 0 Å². The minimum absolute atomic E-state index is 0.00533. The first kappa shape index (κ1) is 22.1. The van der Waals surface area contributed by atoms with Crippen LogP contribution in [0.15, 0.2) is 59.6 Å². The van der Waals surface area contributed by atoms with Gasteiger partial charge in [-0.2, -0.15) is 5.10 Å². The maximum Gasteiger partial charge on any atom is 0.266 e. The van der Waals surface area contributed by atoms with Crippen molar-refractivity contribution in [1.82, 2.24) is 14.7 Å². The van der Waals surface area contributed by atoms with E-state index in [0.717, 1.165) is 22.5 Å². The van der Waals surface area contributed by atoms with Gasteiger partial charge in [0.25, 0.3) is 5.91 Å². The average molecular weight is 466 g/mol. The predicted molar refractivity (Wildman–Crippen MR) is 132 cm³/mol. The minimum Gasteiger partial charge on any atom is -0.493 e. The number of carbonyl (C=O) groups excluding carboxylic acids is 1. The second-order valence-corrected chi connectivity index (χ2v) is 9.10. The predicted octanol–water partition coefficient (Wildman–Crippen LogP) is 5.17. The van der Waals surface area contributed by atoms with Crippen molar-refractivity contribution in [3.05, 3.63) is 65.2 Å². The van der Waals surface area contributed by atoms with Crippen LogP contribution in [0.2, 0.25) is 0 Å². The lowest BCUT2D eigenvalue weighted by Gasteiger charge is -2.18. The van der Waals surface area contributed by atoms with E-state index in [1.807, 2.05) is 74.7 Å². The van der Waals surface area contributed by atoms with Gasteiger partial charge >= 0.3 is 0 Å². The Morgan fingerprint density at radius 3 is 2.41 bits per heavy atom. The molecule has 1 aliphatic heterocycles. The zero-order chi connectivity index (χ0) is 22.8. The van der Waals surface area contributed by atoms with Crippen molar-refractivity contribution in [1.29, 1.82) is 0 Å². The van der Waals surface area contributed by atoms with Gasteiger partial charge in [0, 0.05) is 23.4 Å². The zero-order valence-corrected chi connectivity index (χ0v) is 19.9. The summed E-state index contributed by atoms with van der Waals surface area (Å²) in [6, 6.07) is 15.5. The van der Waals surface area contributed by atoms with Crippen LogP contribution < -0.4 is 9.47 Å². The van der Waals surface area contributed by atoms with Crippen LogP contribution in [-0.4, -0.2) is 45.2 Å². The highest BCUT2D eigenvalue weighted by atomic mass is 32.2. The third-order valence-electron chi connectivity index (χ3n) is 5.05. The van der Waals surface area contributed by atoms with Gasteiger partial charge in [0.15, 0.2) is 11.5 Å². The molecule has 1 amide bonds. The van der Waals surface area contributed by atoms with Gasteiger partial charge in [-0.1, -0.05) is 42.2 Å². The highest BCUT2D eigenvalue weighted by Gasteiger charge is 2.34. The van der Waals surface area contributed by atoms with Gasteiger partial charge in [-0.3, -0.25) is 9.69 Å². The molecule has 3 aromatic rings. The van der Waals surface area contributed by atoms with Gasteiger partial charge in [-0.25, -0.2) is 4.68 Å². The van der Waals surface area contributed by atoms with E-state index in [9.17, 15) is 4.79 Å². The van der Waals surface area contributed by atoms with Gasteiger partial charge < -0.3 is 9.47 Å². The fraction of sp³-hybridized carbons (Fsp3) is 0.208. The topological polar surface area (TPSA) is 56.6 Å². The third kappa shape index (κ3) is 4.16. The molecule has 1 saturated heterocycles. The van der Waals surface area contributed by atoms with E-state index in [4.69, 9.17) is 26.8 Å². The molecule has 0 radical (unpaired) electrons. The maximum absolute atomic E-state index is 13.0. The summed E-state index contributed by atoms with van der Waals surface area (Å²) in [5.41, 5.74) is 3.31. The monoisotopic (exact) mass is 465 g/mol. The SMILES string of the molecule is COc1ccc(-c2nn(-c3ccccc3)cc2/C=C2/SC(=S)N(C(C)C)C2=O)cc1OC. The van der Waals surface area contributed by atoms with E-state index < -0.39 is 0 Å². The molecule has 0 N–H and O–H groups in total. The Bertz CT molecular complexity index is 1200. The molecule has 2 aromatic carbocycles. The molecule has 6 nitrogen and oxygen atoms in total. The lowest BCUT2D eigenvalue weighted by molar-refractivity contribution is -0.123. The number of thioether (sulfide) groups is 1. The smallest absolute Gasteiger partial charge is 0.266 e. The van der Waals surface area contributed by atoms with Crippen LogP contribution in [0.4, 0.5) is 0 Å². The molecule has 2 heterocycles. The van der Waals surface area contributed by atoms with Crippen molar-refractivity contribution in [3.8, 4) is 28.4 Å². The summed E-state index contributed by atoms with van der Waals surface area (Å²) in [7, 11) is 3.20. The zero-order valence-electron chi connectivity index (χ0n) is 18.2. The van der Waals surface area contributed by atoms with Crippen molar-refractivity contribution in [2.75, 3.05) is 14.2 Å². The average Bonchev–Trinajstić information content (AvgIpc) is 3.34. The summed E-state index contributed by atoms with van der Waals surface area (Å²) < 4.78 is 13.2. The molecule has 0 saturated carbocycles. The molecule has 1 fully saturated rings. The number of nitrogens with zero attached hydrogens (tertiary/aromatic N) is 3. The molecule has 4 rings (SSSR count). The first-order chi connectivity index (χ1) is 15.4. The lowest BCUT2D eigenvalue weighted by Crippen LogP contribution is -2.34. The van der Waals surface area contributed by atoms with Gasteiger partial charge in [0.2, 0.25) is 0 Å². The number of carbonyl (C=O) groups is 1. The Kier molecular flexibility index (Phi) is 6.34. The number of hydrogen-bond donors (Lipinski definition) is 0. The first-order valence-corrected chi connectivity index (χ1v) is 11.3. The standard InChI is InChI=1S/C24H23N3O3S2/c1-15(2)27-23(28)21(32-24(27)31)13-17-14-26(18-8-6-5-7-9-18)25-22(17)16-10-11-19(29-3)20(12-16)30-4/h5-15H,1-4H3/b21-13+. The summed E-state index contributed by atoms with van der Waals surface area (Å²) in [6.45, 7) is 3.91. The fourth-order valence-electron chi connectivity index (χ4n) is 3.48. The Balaban J connectivity index is 1.84. The van der Waals surface area contributed by atoms with Gasteiger partial charge in [0.1, 0.15) is 10.0 Å². The van der Waals surface area contributed by atoms with Crippen LogP contribution in [0.1, 0.15) is 19.4 Å². The van der Waals surface area contributed by atoms with Crippen LogP contribution >= 0.6 is 24.0 Å². The normalized spacial score (nSPS) is 15.2. The number of amides is 1. The number of thiocarbonyl (C=S) groups is 1. The molecular weight excluding hydrogens is 442 g/mol. The van der Waals surface area contributed by atoms with Crippen molar-refractivity contribution < 1.29 is 14.3 Å².